The Labute approximate surface area is 198 Å². The highest BCUT2D eigenvalue weighted by molar-refractivity contribution is 6.42. The average molecular weight is 502 g/mol. The van der Waals surface area contributed by atoms with Gasteiger partial charge >= 0.3 is 0 Å². The summed E-state index contributed by atoms with van der Waals surface area (Å²) in [5, 5.41) is 2.39. The highest BCUT2D eigenvalue weighted by Crippen LogP contribution is 2.27. The minimum atomic E-state index is -1.20. The number of carbonyl (C=O) groups is 4. The summed E-state index contributed by atoms with van der Waals surface area (Å²) < 4.78 is 0. The highest BCUT2D eigenvalue weighted by atomic mass is 35.5. The van der Waals surface area contributed by atoms with Gasteiger partial charge in [-0.15, -0.1) is 11.6 Å². The van der Waals surface area contributed by atoms with E-state index in [0.717, 1.165) is 10.0 Å². The lowest BCUT2D eigenvalue weighted by Crippen LogP contribution is -2.57. The molecule has 0 unspecified atom stereocenters. The Bertz CT molecular complexity index is 1030. The van der Waals surface area contributed by atoms with Gasteiger partial charge in [0.05, 0.1) is 10.0 Å². The van der Waals surface area contributed by atoms with Crippen LogP contribution >= 0.6 is 46.4 Å². The molecule has 3 rings (SSSR count). The topological polar surface area (TPSA) is 74.8 Å². The molecule has 1 heterocycles. The van der Waals surface area contributed by atoms with Gasteiger partial charge in [0.1, 0.15) is 6.04 Å². The fourth-order valence-electron chi connectivity index (χ4n) is 3.21. The lowest BCUT2D eigenvalue weighted by molar-refractivity contribution is -0.154. The summed E-state index contributed by atoms with van der Waals surface area (Å²) in [5.41, 5.74) is 0.316. The Morgan fingerprint density at radius 3 is 2.03 bits per heavy atom. The average Bonchev–Trinajstić information content (AvgIpc) is 3.08. The number of hydrogen-bond acceptors (Lipinski definition) is 4. The van der Waals surface area contributed by atoms with Gasteiger partial charge in [0.15, 0.2) is 5.78 Å². The van der Waals surface area contributed by atoms with Crippen LogP contribution in [-0.2, 0) is 9.59 Å². The minimum Gasteiger partial charge on any atom is -0.292 e. The zero-order chi connectivity index (χ0) is 22.7. The first-order valence-corrected chi connectivity index (χ1v) is 10.9. The maximum atomic E-state index is 13.5. The van der Waals surface area contributed by atoms with E-state index in [9.17, 15) is 19.2 Å². The number of halogens is 4. The maximum absolute atomic E-state index is 13.5. The number of amides is 3. The van der Waals surface area contributed by atoms with Crippen molar-refractivity contribution >= 4 is 69.9 Å². The molecule has 3 amide bonds. The van der Waals surface area contributed by atoms with E-state index in [0.29, 0.717) is 5.02 Å². The third-order valence-electron chi connectivity index (χ3n) is 4.72. The van der Waals surface area contributed by atoms with Crippen molar-refractivity contribution < 1.29 is 19.2 Å². The van der Waals surface area contributed by atoms with E-state index < -0.39 is 29.5 Å². The van der Waals surface area contributed by atoms with Gasteiger partial charge in [-0.3, -0.25) is 19.2 Å². The fourth-order valence-corrected chi connectivity index (χ4v) is 3.84. The van der Waals surface area contributed by atoms with E-state index in [1.165, 1.54) is 42.5 Å². The molecule has 0 radical (unpaired) electrons. The molecule has 0 aromatic heterocycles. The van der Waals surface area contributed by atoms with Crippen LogP contribution in [0.15, 0.2) is 42.5 Å². The van der Waals surface area contributed by atoms with E-state index in [2.05, 4.69) is 0 Å². The molecule has 0 aliphatic carbocycles. The predicted molar refractivity (Wildman–Crippen MR) is 119 cm³/mol. The standard InChI is InChI=1S/C21H16Cl4N2O4/c22-10-9-17(20(30)12-1-4-14(23)5-2-12)26(27-18(28)7-8-19(27)29)21(31)13-3-6-15(24)16(25)11-13/h1-6,11,17H,7-10H2/t17-/m1/s1. The van der Waals surface area contributed by atoms with Crippen LogP contribution in [0.5, 0.6) is 0 Å². The van der Waals surface area contributed by atoms with Crippen molar-refractivity contribution in [3.05, 3.63) is 68.7 Å². The van der Waals surface area contributed by atoms with Crippen molar-refractivity contribution in [2.75, 3.05) is 5.88 Å². The Hall–Kier alpha value is -2.12. The van der Waals surface area contributed by atoms with Gasteiger partial charge in [-0.05, 0) is 48.9 Å². The SMILES string of the molecule is O=C(c1ccc(Cl)cc1)[C@@H](CCCl)N(C(=O)c1ccc(Cl)c(Cl)c1)N1C(=O)CCC1=O. The van der Waals surface area contributed by atoms with Crippen LogP contribution in [0.3, 0.4) is 0 Å². The van der Waals surface area contributed by atoms with Crippen LogP contribution in [0, 0.1) is 0 Å². The van der Waals surface area contributed by atoms with Gasteiger partial charge in [-0.2, -0.15) is 5.01 Å². The summed E-state index contributed by atoms with van der Waals surface area (Å²) in [6.45, 7) is 0. The second-order valence-corrected chi connectivity index (χ2v) is 8.37. The first-order chi connectivity index (χ1) is 14.7. The molecule has 2 aromatic carbocycles. The molecular formula is C21H16Cl4N2O4. The van der Waals surface area contributed by atoms with Crippen LogP contribution in [0.1, 0.15) is 40.0 Å². The first kappa shape index (κ1) is 23.5. The summed E-state index contributed by atoms with van der Waals surface area (Å²) in [6.07, 6.45) is -0.118. The molecule has 1 fully saturated rings. The lowest BCUT2D eigenvalue weighted by Gasteiger charge is -2.36. The van der Waals surface area contributed by atoms with E-state index in [-0.39, 0.29) is 46.3 Å². The van der Waals surface area contributed by atoms with Crippen molar-refractivity contribution in [2.45, 2.75) is 25.3 Å². The number of benzene rings is 2. The molecule has 0 saturated carbocycles. The zero-order valence-corrected chi connectivity index (χ0v) is 19.0. The van der Waals surface area contributed by atoms with Crippen LogP contribution in [0.2, 0.25) is 15.1 Å². The van der Waals surface area contributed by atoms with Crippen molar-refractivity contribution in [3.8, 4) is 0 Å². The molecule has 31 heavy (non-hydrogen) atoms. The number of hydrazine groups is 1. The number of alkyl halides is 1. The quantitative estimate of drug-likeness (QED) is 0.303. The Morgan fingerprint density at radius 2 is 1.48 bits per heavy atom. The Kier molecular flexibility index (Phi) is 7.59. The van der Waals surface area contributed by atoms with Crippen molar-refractivity contribution in [1.29, 1.82) is 0 Å². The molecule has 1 saturated heterocycles. The number of ketones is 1. The van der Waals surface area contributed by atoms with Crippen LogP contribution < -0.4 is 0 Å². The smallest absolute Gasteiger partial charge is 0.273 e. The number of Topliss-reactive ketones (excluding diaryl/α,β-unsaturated/α-hetero) is 1. The monoisotopic (exact) mass is 500 g/mol. The zero-order valence-electron chi connectivity index (χ0n) is 16.0. The van der Waals surface area contributed by atoms with E-state index in [1.807, 2.05) is 0 Å². The molecule has 0 bridgehead atoms. The second kappa shape index (κ2) is 10.0. The van der Waals surface area contributed by atoms with E-state index >= 15 is 0 Å². The van der Waals surface area contributed by atoms with Crippen LogP contribution in [0.25, 0.3) is 0 Å². The number of hydrogen-bond donors (Lipinski definition) is 0. The molecule has 162 valence electrons. The Balaban J connectivity index is 2.09. The summed E-state index contributed by atoms with van der Waals surface area (Å²) in [6, 6.07) is 9.00. The van der Waals surface area contributed by atoms with Gasteiger partial charge in [-0.25, -0.2) is 5.01 Å². The summed E-state index contributed by atoms with van der Waals surface area (Å²) in [4.78, 5) is 51.8. The largest absolute Gasteiger partial charge is 0.292 e. The molecule has 1 atom stereocenters. The van der Waals surface area contributed by atoms with Gasteiger partial charge in [0.25, 0.3) is 5.91 Å². The van der Waals surface area contributed by atoms with Crippen molar-refractivity contribution in [3.63, 3.8) is 0 Å². The summed E-state index contributed by atoms with van der Waals surface area (Å²) in [7, 11) is 0. The number of carbonyl (C=O) groups excluding carboxylic acids is 4. The van der Waals surface area contributed by atoms with Gasteiger partial charge in [0, 0.05) is 34.9 Å². The van der Waals surface area contributed by atoms with Gasteiger partial charge < -0.3 is 0 Å². The lowest BCUT2D eigenvalue weighted by atomic mass is 10.0. The van der Waals surface area contributed by atoms with Crippen molar-refractivity contribution in [1.82, 2.24) is 10.0 Å². The van der Waals surface area contributed by atoms with Crippen molar-refractivity contribution in [2.24, 2.45) is 0 Å². The molecule has 10 heteroatoms. The van der Waals surface area contributed by atoms with Crippen LogP contribution in [-0.4, -0.2) is 45.4 Å². The number of nitrogens with zero attached hydrogens (tertiary/aromatic N) is 2. The molecule has 2 aromatic rings. The molecule has 0 spiro atoms. The fraction of sp³-hybridized carbons (Fsp3) is 0.238. The number of rotatable bonds is 7. The normalized spacial score (nSPS) is 14.6. The second-order valence-electron chi connectivity index (χ2n) is 6.74. The molecule has 1 aliphatic rings. The number of imide groups is 1. The van der Waals surface area contributed by atoms with E-state index in [1.54, 1.807) is 0 Å². The van der Waals surface area contributed by atoms with Gasteiger partial charge in [-0.1, -0.05) is 34.8 Å². The molecule has 0 N–H and O–H groups in total. The van der Waals surface area contributed by atoms with E-state index in [4.69, 9.17) is 46.4 Å². The van der Waals surface area contributed by atoms with Crippen LogP contribution in [0.4, 0.5) is 0 Å². The summed E-state index contributed by atoms with van der Waals surface area (Å²) in [5.74, 6) is -2.40. The van der Waals surface area contributed by atoms with Gasteiger partial charge in [0.2, 0.25) is 11.8 Å². The first-order valence-electron chi connectivity index (χ1n) is 9.24. The Morgan fingerprint density at radius 1 is 0.903 bits per heavy atom. The minimum absolute atomic E-state index is 0.00533. The summed E-state index contributed by atoms with van der Waals surface area (Å²) >= 11 is 23.8. The third-order valence-corrected chi connectivity index (χ3v) is 5.93. The third kappa shape index (κ3) is 5.04. The molecule has 6 nitrogen and oxygen atoms in total. The predicted octanol–water partition coefficient (Wildman–Crippen LogP) is 5.03. The molecule has 1 aliphatic heterocycles. The maximum Gasteiger partial charge on any atom is 0.273 e. The molecular weight excluding hydrogens is 486 g/mol. The highest BCUT2D eigenvalue weighted by Gasteiger charge is 2.43.